The summed E-state index contributed by atoms with van der Waals surface area (Å²) < 4.78 is 0. The lowest BCUT2D eigenvalue weighted by Crippen LogP contribution is -2.22. The monoisotopic (exact) mass is 145 g/mol. The molecule has 0 rings (SSSR count). The van der Waals surface area contributed by atoms with Gasteiger partial charge >= 0.3 is 0 Å². The molecule has 4 N–H and O–H groups in total. The van der Waals surface area contributed by atoms with E-state index in [-0.39, 0.29) is 0 Å². The summed E-state index contributed by atoms with van der Waals surface area (Å²) >= 11 is 0. The zero-order valence-electron chi connectivity index (χ0n) is 6.82. The lowest BCUT2D eigenvalue weighted by Gasteiger charge is -2.01. The van der Waals surface area contributed by atoms with Crippen LogP contribution in [-0.4, -0.2) is 33.2 Å². The second-order valence-corrected chi connectivity index (χ2v) is 2.35. The Morgan fingerprint density at radius 1 is 1.10 bits per heavy atom. The molecule has 0 heterocycles. The zero-order valence-corrected chi connectivity index (χ0v) is 6.82. The first-order valence-electron chi connectivity index (χ1n) is 3.97. The predicted octanol–water partition coefficient (Wildman–Crippen LogP) is -0.466. The molecule has 0 saturated carbocycles. The van der Waals surface area contributed by atoms with Crippen molar-refractivity contribution in [1.29, 1.82) is 0 Å². The molecule has 0 atom stereocenters. The highest BCUT2D eigenvalue weighted by atomic mass is 14.9. The van der Waals surface area contributed by atoms with Crippen molar-refractivity contribution < 1.29 is 0 Å². The molecule has 0 amide bonds. The molecule has 0 unspecified atom stereocenters. The smallest absolute Gasteiger partial charge is 0.00368 e. The molecule has 0 aliphatic carbocycles. The van der Waals surface area contributed by atoms with Crippen LogP contribution in [0.1, 0.15) is 12.8 Å². The van der Waals surface area contributed by atoms with Gasteiger partial charge in [0.25, 0.3) is 0 Å². The Morgan fingerprint density at radius 2 is 1.80 bits per heavy atom. The molecule has 0 fully saturated rings. The minimum atomic E-state index is 0.791. The third kappa shape index (κ3) is 7.88. The lowest BCUT2D eigenvalue weighted by molar-refractivity contribution is 0.610. The normalized spacial score (nSPS) is 10.2. The van der Waals surface area contributed by atoms with Gasteiger partial charge in [0.2, 0.25) is 0 Å². The van der Waals surface area contributed by atoms with Crippen LogP contribution >= 0.6 is 0 Å². The van der Waals surface area contributed by atoms with Crippen molar-refractivity contribution in [3.8, 4) is 0 Å². The van der Waals surface area contributed by atoms with Crippen LogP contribution < -0.4 is 16.4 Å². The van der Waals surface area contributed by atoms with Gasteiger partial charge in [0.15, 0.2) is 0 Å². The standard InChI is InChI=1S/C7H19N3/c1-9-5-3-7-10-6-2-4-8/h9-10H,2-8H2,1H3. The van der Waals surface area contributed by atoms with E-state index in [0.717, 1.165) is 32.6 Å². The summed E-state index contributed by atoms with van der Waals surface area (Å²) in [6.45, 7) is 4.04. The molecular formula is C7H19N3. The Hall–Kier alpha value is -0.120. The van der Waals surface area contributed by atoms with Crippen LogP contribution in [0.2, 0.25) is 0 Å². The van der Waals surface area contributed by atoms with E-state index in [4.69, 9.17) is 5.73 Å². The average molecular weight is 145 g/mol. The van der Waals surface area contributed by atoms with Crippen molar-refractivity contribution in [3.63, 3.8) is 0 Å². The van der Waals surface area contributed by atoms with Crippen LogP contribution in [0.5, 0.6) is 0 Å². The summed E-state index contributed by atoms with van der Waals surface area (Å²) in [6, 6.07) is 0. The number of nitrogens with one attached hydrogen (secondary N) is 2. The highest BCUT2D eigenvalue weighted by molar-refractivity contribution is 4.49. The van der Waals surface area contributed by atoms with E-state index in [0.29, 0.717) is 0 Å². The topological polar surface area (TPSA) is 50.1 Å². The highest BCUT2D eigenvalue weighted by Gasteiger charge is 1.84. The maximum absolute atomic E-state index is 5.32. The first kappa shape index (κ1) is 9.88. The molecule has 0 spiro atoms. The Balaban J connectivity index is 2.65. The van der Waals surface area contributed by atoms with Crippen LogP contribution in [0.4, 0.5) is 0 Å². The summed E-state index contributed by atoms with van der Waals surface area (Å²) in [5.41, 5.74) is 5.32. The molecule has 0 aromatic carbocycles. The van der Waals surface area contributed by atoms with E-state index in [1.54, 1.807) is 0 Å². The second-order valence-electron chi connectivity index (χ2n) is 2.35. The van der Waals surface area contributed by atoms with Gasteiger partial charge in [-0.15, -0.1) is 0 Å². The van der Waals surface area contributed by atoms with Gasteiger partial charge in [0, 0.05) is 0 Å². The molecule has 62 valence electrons. The van der Waals surface area contributed by atoms with Crippen LogP contribution in [0.3, 0.4) is 0 Å². The molecule has 3 heteroatoms. The fraction of sp³-hybridized carbons (Fsp3) is 1.00. The summed E-state index contributed by atoms with van der Waals surface area (Å²) in [7, 11) is 1.97. The van der Waals surface area contributed by atoms with Gasteiger partial charge in [-0.25, -0.2) is 0 Å². The molecule has 0 aromatic heterocycles. The summed E-state index contributed by atoms with van der Waals surface area (Å²) in [5.74, 6) is 0. The molecule has 0 bridgehead atoms. The van der Waals surface area contributed by atoms with E-state index < -0.39 is 0 Å². The second kappa shape index (κ2) is 8.88. The number of nitrogens with two attached hydrogens (primary N) is 1. The van der Waals surface area contributed by atoms with Gasteiger partial charge in [0.05, 0.1) is 0 Å². The largest absolute Gasteiger partial charge is 0.330 e. The minimum Gasteiger partial charge on any atom is -0.330 e. The van der Waals surface area contributed by atoms with Gasteiger partial charge in [-0.1, -0.05) is 0 Å². The molecule has 0 radical (unpaired) electrons. The molecule has 0 aliphatic rings. The first-order chi connectivity index (χ1) is 4.91. The quantitative estimate of drug-likeness (QED) is 0.425. The van der Waals surface area contributed by atoms with Crippen molar-refractivity contribution >= 4 is 0 Å². The molecular weight excluding hydrogens is 126 g/mol. The summed E-state index contributed by atoms with van der Waals surface area (Å²) in [5, 5.41) is 6.40. The Labute approximate surface area is 63.4 Å². The van der Waals surface area contributed by atoms with Gasteiger partial charge in [-0.3, -0.25) is 0 Å². The van der Waals surface area contributed by atoms with Crippen molar-refractivity contribution in [1.82, 2.24) is 10.6 Å². The third-order valence-electron chi connectivity index (χ3n) is 1.34. The number of hydrogen-bond acceptors (Lipinski definition) is 3. The van der Waals surface area contributed by atoms with Gasteiger partial charge in [-0.05, 0) is 46.1 Å². The van der Waals surface area contributed by atoms with Crippen molar-refractivity contribution in [2.45, 2.75) is 12.8 Å². The van der Waals surface area contributed by atoms with Crippen LogP contribution in [0, 0.1) is 0 Å². The molecule has 0 aromatic rings. The summed E-state index contributed by atoms with van der Waals surface area (Å²) in [6.07, 6.45) is 2.28. The molecule has 10 heavy (non-hydrogen) atoms. The number of rotatable bonds is 7. The minimum absolute atomic E-state index is 0.791. The van der Waals surface area contributed by atoms with E-state index in [2.05, 4.69) is 10.6 Å². The van der Waals surface area contributed by atoms with Crippen molar-refractivity contribution in [3.05, 3.63) is 0 Å². The van der Waals surface area contributed by atoms with Crippen molar-refractivity contribution in [2.24, 2.45) is 5.73 Å². The van der Waals surface area contributed by atoms with Gasteiger partial charge in [-0.2, -0.15) is 0 Å². The fourth-order valence-electron chi connectivity index (χ4n) is 0.742. The van der Waals surface area contributed by atoms with E-state index in [1.807, 2.05) is 7.05 Å². The predicted molar refractivity (Wildman–Crippen MR) is 45.1 cm³/mol. The molecule has 0 aliphatic heterocycles. The Kier molecular flexibility index (Phi) is 8.77. The third-order valence-corrected chi connectivity index (χ3v) is 1.34. The molecule has 0 saturated heterocycles. The zero-order chi connectivity index (χ0) is 7.66. The van der Waals surface area contributed by atoms with E-state index in [9.17, 15) is 0 Å². The van der Waals surface area contributed by atoms with Gasteiger partial charge < -0.3 is 16.4 Å². The van der Waals surface area contributed by atoms with Crippen LogP contribution in [0.25, 0.3) is 0 Å². The first-order valence-corrected chi connectivity index (χ1v) is 3.97. The average Bonchev–Trinajstić information content (AvgIpc) is 1.97. The highest BCUT2D eigenvalue weighted by Crippen LogP contribution is 1.73. The fourth-order valence-corrected chi connectivity index (χ4v) is 0.742. The Morgan fingerprint density at radius 3 is 2.40 bits per heavy atom. The molecule has 3 nitrogen and oxygen atoms in total. The maximum atomic E-state index is 5.32. The van der Waals surface area contributed by atoms with E-state index >= 15 is 0 Å². The lowest BCUT2D eigenvalue weighted by atomic mass is 10.4. The maximum Gasteiger partial charge on any atom is -0.00368 e. The van der Waals surface area contributed by atoms with Gasteiger partial charge in [0.1, 0.15) is 0 Å². The van der Waals surface area contributed by atoms with Crippen LogP contribution in [0.15, 0.2) is 0 Å². The number of hydrogen-bond donors (Lipinski definition) is 3. The van der Waals surface area contributed by atoms with Crippen LogP contribution in [-0.2, 0) is 0 Å². The van der Waals surface area contributed by atoms with E-state index in [1.165, 1.54) is 6.42 Å². The SMILES string of the molecule is CNCCCNCCCN. The van der Waals surface area contributed by atoms with Crippen molar-refractivity contribution in [2.75, 3.05) is 33.2 Å². The Bertz CT molecular complexity index is 48.8. The summed E-state index contributed by atoms with van der Waals surface area (Å²) in [4.78, 5) is 0.